The van der Waals surface area contributed by atoms with Gasteiger partial charge < -0.3 is 21.3 Å². The minimum atomic E-state index is -0.140. The van der Waals surface area contributed by atoms with Crippen molar-refractivity contribution in [1.29, 1.82) is 5.41 Å². The van der Waals surface area contributed by atoms with E-state index in [0.29, 0.717) is 28.3 Å². The van der Waals surface area contributed by atoms with E-state index in [0.717, 1.165) is 22.4 Å². The zero-order valence-electron chi connectivity index (χ0n) is 16.7. The molecule has 0 bridgehead atoms. The second kappa shape index (κ2) is 8.69. The molecular formula is C25H22N4O2. The standard InChI is InChI=1S/C25H22N4O2/c26-23-22(25(27)28)21(14-29-24(23)18-6-4-5-16(13-18)15-30)17-9-11-20(12-10-17)31-19-7-2-1-3-8-19/h1-14,30H,15,26H2,(H3,27,28). The summed E-state index contributed by atoms with van der Waals surface area (Å²) in [6.45, 7) is -0.0806. The predicted molar refractivity (Wildman–Crippen MR) is 123 cm³/mol. The fourth-order valence-electron chi connectivity index (χ4n) is 3.41. The van der Waals surface area contributed by atoms with Crippen molar-refractivity contribution < 1.29 is 9.84 Å². The van der Waals surface area contributed by atoms with Crippen molar-refractivity contribution in [3.63, 3.8) is 0 Å². The van der Waals surface area contributed by atoms with Crippen molar-refractivity contribution >= 4 is 11.5 Å². The highest BCUT2D eigenvalue weighted by atomic mass is 16.5. The molecule has 31 heavy (non-hydrogen) atoms. The van der Waals surface area contributed by atoms with Gasteiger partial charge in [-0.3, -0.25) is 10.4 Å². The molecule has 0 saturated heterocycles. The van der Waals surface area contributed by atoms with Gasteiger partial charge in [0.1, 0.15) is 17.3 Å². The topological polar surface area (TPSA) is 118 Å². The minimum absolute atomic E-state index is 0.0806. The zero-order chi connectivity index (χ0) is 21.8. The number of nitrogens with two attached hydrogens (primary N) is 2. The molecular weight excluding hydrogens is 388 g/mol. The van der Waals surface area contributed by atoms with E-state index in [1.54, 1.807) is 6.20 Å². The van der Waals surface area contributed by atoms with E-state index in [1.165, 1.54) is 0 Å². The van der Waals surface area contributed by atoms with Gasteiger partial charge in [0.15, 0.2) is 0 Å². The third kappa shape index (κ3) is 4.24. The number of hydrogen-bond acceptors (Lipinski definition) is 5. The number of amidine groups is 1. The maximum atomic E-state index is 9.41. The first-order valence-electron chi connectivity index (χ1n) is 9.73. The smallest absolute Gasteiger partial charge is 0.127 e. The normalized spacial score (nSPS) is 10.6. The summed E-state index contributed by atoms with van der Waals surface area (Å²) in [4.78, 5) is 4.54. The highest BCUT2D eigenvalue weighted by Crippen LogP contribution is 2.34. The number of hydrogen-bond donors (Lipinski definition) is 4. The molecule has 6 N–H and O–H groups in total. The van der Waals surface area contributed by atoms with Crippen LogP contribution < -0.4 is 16.2 Å². The van der Waals surface area contributed by atoms with Crippen molar-refractivity contribution in [1.82, 2.24) is 4.98 Å². The number of aliphatic hydroxyl groups excluding tert-OH is 1. The number of ether oxygens (including phenoxy) is 1. The van der Waals surface area contributed by atoms with Gasteiger partial charge in [0.25, 0.3) is 0 Å². The van der Waals surface area contributed by atoms with E-state index in [9.17, 15) is 5.11 Å². The first kappa shape index (κ1) is 20.1. The van der Waals surface area contributed by atoms with Gasteiger partial charge in [-0.25, -0.2) is 0 Å². The molecule has 0 fully saturated rings. The molecule has 0 spiro atoms. The monoisotopic (exact) mass is 410 g/mol. The summed E-state index contributed by atoms with van der Waals surface area (Å²) >= 11 is 0. The molecule has 0 aliphatic rings. The van der Waals surface area contributed by atoms with E-state index in [-0.39, 0.29) is 12.4 Å². The number of anilines is 1. The lowest BCUT2D eigenvalue weighted by Gasteiger charge is -2.15. The highest BCUT2D eigenvalue weighted by molar-refractivity contribution is 6.08. The lowest BCUT2D eigenvalue weighted by atomic mass is 9.96. The minimum Gasteiger partial charge on any atom is -0.457 e. The summed E-state index contributed by atoms with van der Waals surface area (Å²) in [5.41, 5.74) is 16.6. The summed E-state index contributed by atoms with van der Waals surface area (Å²) in [7, 11) is 0. The Morgan fingerprint density at radius 3 is 2.29 bits per heavy atom. The van der Waals surface area contributed by atoms with E-state index in [4.69, 9.17) is 21.6 Å². The highest BCUT2D eigenvalue weighted by Gasteiger charge is 2.17. The third-order valence-corrected chi connectivity index (χ3v) is 4.91. The van der Waals surface area contributed by atoms with Crippen molar-refractivity contribution in [3.8, 4) is 33.9 Å². The number of nitrogens with zero attached hydrogens (tertiary/aromatic N) is 1. The van der Waals surface area contributed by atoms with Crippen molar-refractivity contribution in [3.05, 3.63) is 96.2 Å². The van der Waals surface area contributed by atoms with Gasteiger partial charge in [-0.15, -0.1) is 0 Å². The number of pyridine rings is 1. The maximum Gasteiger partial charge on any atom is 0.127 e. The van der Waals surface area contributed by atoms with Crippen molar-refractivity contribution in [2.75, 3.05) is 5.73 Å². The van der Waals surface area contributed by atoms with Crippen molar-refractivity contribution in [2.24, 2.45) is 5.73 Å². The lowest BCUT2D eigenvalue weighted by molar-refractivity contribution is 0.282. The molecule has 0 atom stereocenters. The molecule has 0 aliphatic carbocycles. The number of nitrogens with one attached hydrogen (secondary N) is 1. The van der Waals surface area contributed by atoms with Gasteiger partial charge in [-0.1, -0.05) is 48.5 Å². The van der Waals surface area contributed by atoms with Crippen LogP contribution in [0.25, 0.3) is 22.4 Å². The van der Waals surface area contributed by atoms with Gasteiger partial charge in [0, 0.05) is 17.3 Å². The molecule has 4 aromatic rings. The fourth-order valence-corrected chi connectivity index (χ4v) is 3.41. The SMILES string of the molecule is N=C(N)c1c(-c2ccc(Oc3ccccc3)cc2)cnc(-c2cccc(CO)c2)c1N. The molecule has 3 aromatic carbocycles. The fraction of sp³-hybridized carbons (Fsp3) is 0.0400. The first-order valence-corrected chi connectivity index (χ1v) is 9.73. The molecule has 0 saturated carbocycles. The maximum absolute atomic E-state index is 9.41. The molecule has 6 heteroatoms. The lowest BCUT2D eigenvalue weighted by Crippen LogP contribution is -2.16. The van der Waals surface area contributed by atoms with Crippen LogP contribution in [-0.4, -0.2) is 15.9 Å². The van der Waals surface area contributed by atoms with Gasteiger partial charge in [0.2, 0.25) is 0 Å². The summed E-state index contributed by atoms with van der Waals surface area (Å²) in [5, 5.41) is 17.5. The molecule has 0 unspecified atom stereocenters. The number of aromatic nitrogens is 1. The second-order valence-electron chi connectivity index (χ2n) is 7.02. The molecule has 1 heterocycles. The van der Waals surface area contributed by atoms with Crippen LogP contribution in [0, 0.1) is 5.41 Å². The molecule has 1 aromatic heterocycles. The molecule has 6 nitrogen and oxygen atoms in total. The molecule has 154 valence electrons. The van der Waals surface area contributed by atoms with Crippen LogP contribution in [0.2, 0.25) is 0 Å². The number of aliphatic hydroxyl groups is 1. The summed E-state index contributed by atoms with van der Waals surface area (Å²) in [6, 6.07) is 24.3. The second-order valence-corrected chi connectivity index (χ2v) is 7.02. The average Bonchev–Trinajstić information content (AvgIpc) is 2.80. The van der Waals surface area contributed by atoms with E-state index in [1.807, 2.05) is 78.9 Å². The van der Waals surface area contributed by atoms with Gasteiger partial charge in [0.05, 0.1) is 23.6 Å². The molecule has 0 amide bonds. The van der Waals surface area contributed by atoms with Crippen LogP contribution in [0.3, 0.4) is 0 Å². The van der Waals surface area contributed by atoms with Crippen molar-refractivity contribution in [2.45, 2.75) is 6.61 Å². The third-order valence-electron chi connectivity index (χ3n) is 4.91. The zero-order valence-corrected chi connectivity index (χ0v) is 16.7. The number of nitrogen functional groups attached to an aromatic ring is 2. The quantitative estimate of drug-likeness (QED) is 0.274. The summed E-state index contributed by atoms with van der Waals surface area (Å²) < 4.78 is 5.84. The molecule has 0 radical (unpaired) electrons. The Morgan fingerprint density at radius 1 is 0.903 bits per heavy atom. The first-order chi connectivity index (χ1) is 15.1. The summed E-state index contributed by atoms with van der Waals surface area (Å²) in [5.74, 6) is 1.30. The molecule has 4 rings (SSSR count). The Bertz CT molecular complexity index is 1220. The van der Waals surface area contributed by atoms with Crippen LogP contribution >= 0.6 is 0 Å². The average molecular weight is 410 g/mol. The van der Waals surface area contributed by atoms with Crippen LogP contribution in [0.15, 0.2) is 85.1 Å². The van der Waals surface area contributed by atoms with E-state index in [2.05, 4.69) is 4.98 Å². The van der Waals surface area contributed by atoms with E-state index >= 15 is 0 Å². The Morgan fingerprint density at radius 2 is 1.61 bits per heavy atom. The van der Waals surface area contributed by atoms with Gasteiger partial charge >= 0.3 is 0 Å². The van der Waals surface area contributed by atoms with Crippen LogP contribution in [0.4, 0.5) is 5.69 Å². The Labute approximate surface area is 180 Å². The van der Waals surface area contributed by atoms with Gasteiger partial charge in [-0.05, 0) is 41.5 Å². The Kier molecular flexibility index (Phi) is 5.64. The summed E-state index contributed by atoms with van der Waals surface area (Å²) in [6.07, 6.45) is 1.67. The van der Waals surface area contributed by atoms with Crippen LogP contribution in [0.1, 0.15) is 11.1 Å². The van der Waals surface area contributed by atoms with Gasteiger partial charge in [-0.2, -0.15) is 0 Å². The Balaban J connectivity index is 1.71. The number of para-hydroxylation sites is 1. The predicted octanol–water partition coefficient (Wildman–Crippen LogP) is 4.57. The molecule has 0 aliphatic heterocycles. The van der Waals surface area contributed by atoms with Crippen LogP contribution in [-0.2, 0) is 6.61 Å². The van der Waals surface area contributed by atoms with E-state index < -0.39 is 0 Å². The number of benzene rings is 3. The van der Waals surface area contributed by atoms with Crippen LogP contribution in [0.5, 0.6) is 11.5 Å². The Hall–Kier alpha value is -4.16. The number of rotatable bonds is 6. The largest absolute Gasteiger partial charge is 0.457 e.